The molecule has 3 heterocycles. The molecule has 0 bridgehead atoms. The lowest BCUT2D eigenvalue weighted by atomic mass is 10.1. The first-order chi connectivity index (χ1) is 14.0. The molecular formula is C20H19ClN4O3S. The second kappa shape index (κ2) is 8.42. The summed E-state index contributed by atoms with van der Waals surface area (Å²) in [5.74, 6) is 0.0214. The van der Waals surface area contributed by atoms with Gasteiger partial charge in [0.25, 0.3) is 5.91 Å². The van der Waals surface area contributed by atoms with Crippen LogP contribution in [0.15, 0.2) is 41.4 Å². The van der Waals surface area contributed by atoms with Crippen LogP contribution in [-0.4, -0.2) is 53.0 Å². The number of nitrogens with zero attached hydrogens (tertiary/aromatic N) is 3. The van der Waals surface area contributed by atoms with E-state index in [1.54, 1.807) is 24.3 Å². The van der Waals surface area contributed by atoms with Gasteiger partial charge in [-0.3, -0.25) is 14.4 Å². The average Bonchev–Trinajstić information content (AvgIpc) is 3.26. The molecule has 1 aromatic heterocycles. The van der Waals surface area contributed by atoms with Gasteiger partial charge in [0.2, 0.25) is 11.8 Å². The fourth-order valence-corrected chi connectivity index (χ4v) is 4.41. The third-order valence-corrected chi connectivity index (χ3v) is 6.11. The summed E-state index contributed by atoms with van der Waals surface area (Å²) in [6, 6.07) is 8.57. The molecule has 0 spiro atoms. The molecule has 1 N–H and O–H groups in total. The van der Waals surface area contributed by atoms with Crippen molar-refractivity contribution in [2.75, 3.05) is 35.6 Å². The first-order valence-electron chi connectivity index (χ1n) is 9.29. The molecule has 1 saturated heterocycles. The Morgan fingerprint density at radius 2 is 1.97 bits per heavy atom. The van der Waals surface area contributed by atoms with Gasteiger partial charge in [-0.25, -0.2) is 4.98 Å². The normalized spacial score (nSPS) is 16.0. The molecule has 9 heteroatoms. The molecule has 2 aliphatic heterocycles. The van der Waals surface area contributed by atoms with E-state index in [-0.39, 0.29) is 30.0 Å². The minimum absolute atomic E-state index is 0.0388. The van der Waals surface area contributed by atoms with E-state index in [1.165, 1.54) is 22.9 Å². The Labute approximate surface area is 177 Å². The van der Waals surface area contributed by atoms with Crippen molar-refractivity contribution in [3.05, 3.63) is 47.1 Å². The van der Waals surface area contributed by atoms with Crippen LogP contribution in [0, 0.1) is 0 Å². The minimum atomic E-state index is -0.373. The lowest BCUT2D eigenvalue weighted by Gasteiger charge is -2.29. The SMILES string of the molecule is O=C(CN1C(=O)CSc2ccc(C(=O)N3CCCC3)cc21)Nc1ccc(Cl)cn1. The highest BCUT2D eigenvalue weighted by Crippen LogP contribution is 2.36. The molecule has 0 saturated carbocycles. The Kier molecular flexibility index (Phi) is 5.73. The van der Waals surface area contributed by atoms with Gasteiger partial charge in [0.15, 0.2) is 0 Å². The van der Waals surface area contributed by atoms with Gasteiger partial charge in [-0.1, -0.05) is 11.6 Å². The molecular weight excluding hydrogens is 412 g/mol. The number of fused-ring (bicyclic) bond motifs is 1. The van der Waals surface area contributed by atoms with Crippen molar-refractivity contribution in [1.82, 2.24) is 9.88 Å². The molecule has 29 heavy (non-hydrogen) atoms. The number of rotatable bonds is 4. The number of halogens is 1. The van der Waals surface area contributed by atoms with Gasteiger partial charge in [-0.15, -0.1) is 11.8 Å². The number of hydrogen-bond acceptors (Lipinski definition) is 5. The number of aromatic nitrogens is 1. The van der Waals surface area contributed by atoms with E-state index in [4.69, 9.17) is 11.6 Å². The summed E-state index contributed by atoms with van der Waals surface area (Å²) in [5, 5.41) is 3.13. The number of anilines is 2. The lowest BCUT2D eigenvalue weighted by molar-refractivity contribution is -0.120. The van der Waals surface area contributed by atoms with E-state index in [9.17, 15) is 14.4 Å². The lowest BCUT2D eigenvalue weighted by Crippen LogP contribution is -2.41. The second-order valence-electron chi connectivity index (χ2n) is 6.86. The maximum Gasteiger partial charge on any atom is 0.253 e. The number of amides is 3. The fourth-order valence-electron chi connectivity index (χ4n) is 3.39. The van der Waals surface area contributed by atoms with Crippen LogP contribution in [0.3, 0.4) is 0 Å². The van der Waals surface area contributed by atoms with Crippen molar-refractivity contribution in [3.63, 3.8) is 0 Å². The van der Waals surface area contributed by atoms with E-state index in [2.05, 4.69) is 10.3 Å². The summed E-state index contributed by atoms with van der Waals surface area (Å²) in [7, 11) is 0. The third-order valence-electron chi connectivity index (χ3n) is 4.84. The van der Waals surface area contributed by atoms with Gasteiger partial charge in [0.1, 0.15) is 12.4 Å². The molecule has 150 valence electrons. The largest absolute Gasteiger partial charge is 0.339 e. The number of carbonyl (C=O) groups excluding carboxylic acids is 3. The van der Waals surface area contributed by atoms with Crippen molar-refractivity contribution in [3.8, 4) is 0 Å². The smallest absolute Gasteiger partial charge is 0.253 e. The Morgan fingerprint density at radius 1 is 1.17 bits per heavy atom. The third kappa shape index (κ3) is 4.38. The predicted molar refractivity (Wildman–Crippen MR) is 113 cm³/mol. The summed E-state index contributed by atoms with van der Waals surface area (Å²) in [6.45, 7) is 1.35. The summed E-state index contributed by atoms with van der Waals surface area (Å²) in [6.07, 6.45) is 3.46. The Balaban J connectivity index is 1.54. The maximum absolute atomic E-state index is 12.7. The summed E-state index contributed by atoms with van der Waals surface area (Å²) >= 11 is 7.22. The molecule has 3 amide bonds. The Hall–Kier alpha value is -2.58. The van der Waals surface area contributed by atoms with Crippen LogP contribution in [0.4, 0.5) is 11.5 Å². The first kappa shape index (κ1) is 19.7. The van der Waals surface area contributed by atoms with E-state index in [0.29, 0.717) is 22.1 Å². The highest BCUT2D eigenvalue weighted by Gasteiger charge is 2.28. The molecule has 2 aromatic rings. The summed E-state index contributed by atoms with van der Waals surface area (Å²) in [5.41, 5.74) is 1.13. The van der Waals surface area contributed by atoms with Crippen molar-refractivity contribution in [2.24, 2.45) is 0 Å². The molecule has 0 radical (unpaired) electrons. The van der Waals surface area contributed by atoms with Crippen molar-refractivity contribution >= 4 is 52.6 Å². The van der Waals surface area contributed by atoms with Crippen LogP contribution in [0.5, 0.6) is 0 Å². The van der Waals surface area contributed by atoms with Crippen molar-refractivity contribution < 1.29 is 14.4 Å². The van der Waals surface area contributed by atoms with Crippen LogP contribution >= 0.6 is 23.4 Å². The van der Waals surface area contributed by atoms with Crippen molar-refractivity contribution in [2.45, 2.75) is 17.7 Å². The van der Waals surface area contributed by atoms with Crippen LogP contribution in [0.25, 0.3) is 0 Å². The van der Waals surface area contributed by atoms with Crippen LogP contribution in [0.1, 0.15) is 23.2 Å². The van der Waals surface area contributed by atoms with E-state index < -0.39 is 0 Å². The van der Waals surface area contributed by atoms with Gasteiger partial charge < -0.3 is 15.1 Å². The molecule has 7 nitrogen and oxygen atoms in total. The topological polar surface area (TPSA) is 82.6 Å². The number of likely N-dealkylation sites (tertiary alicyclic amines) is 1. The molecule has 2 aliphatic rings. The molecule has 0 unspecified atom stereocenters. The number of hydrogen-bond donors (Lipinski definition) is 1. The Bertz CT molecular complexity index is 961. The molecule has 0 atom stereocenters. The number of benzene rings is 1. The van der Waals surface area contributed by atoms with Gasteiger partial charge in [-0.2, -0.15) is 0 Å². The second-order valence-corrected chi connectivity index (χ2v) is 8.31. The highest BCUT2D eigenvalue weighted by molar-refractivity contribution is 8.00. The predicted octanol–water partition coefficient (Wildman–Crippen LogP) is 3.05. The van der Waals surface area contributed by atoms with E-state index in [0.717, 1.165) is 30.8 Å². The molecule has 4 rings (SSSR count). The van der Waals surface area contributed by atoms with Crippen LogP contribution in [0.2, 0.25) is 5.02 Å². The zero-order valence-electron chi connectivity index (χ0n) is 15.6. The van der Waals surface area contributed by atoms with Gasteiger partial charge in [0.05, 0.1) is 16.5 Å². The number of thioether (sulfide) groups is 1. The Morgan fingerprint density at radius 3 is 2.69 bits per heavy atom. The number of carbonyl (C=O) groups is 3. The molecule has 1 aromatic carbocycles. The standard InChI is InChI=1S/C20H19ClN4O3S/c21-14-4-6-17(22-10-14)23-18(26)11-25-15-9-13(20(28)24-7-1-2-8-24)3-5-16(15)29-12-19(25)27/h3-6,9-10H,1-2,7-8,11-12H2,(H,22,23,26). The number of pyridine rings is 1. The number of nitrogens with one attached hydrogen (secondary N) is 1. The minimum Gasteiger partial charge on any atom is -0.339 e. The monoisotopic (exact) mass is 430 g/mol. The van der Waals surface area contributed by atoms with E-state index in [1.807, 2.05) is 11.0 Å². The van der Waals surface area contributed by atoms with E-state index >= 15 is 0 Å². The summed E-state index contributed by atoms with van der Waals surface area (Å²) in [4.78, 5) is 45.9. The zero-order valence-corrected chi connectivity index (χ0v) is 17.1. The molecule has 0 aliphatic carbocycles. The average molecular weight is 431 g/mol. The highest BCUT2D eigenvalue weighted by atomic mass is 35.5. The molecule has 1 fully saturated rings. The fraction of sp³-hybridized carbons (Fsp3) is 0.300. The van der Waals surface area contributed by atoms with Crippen LogP contribution in [-0.2, 0) is 9.59 Å². The quantitative estimate of drug-likeness (QED) is 0.806. The summed E-state index contributed by atoms with van der Waals surface area (Å²) < 4.78 is 0. The zero-order chi connectivity index (χ0) is 20.4. The van der Waals surface area contributed by atoms with Gasteiger partial charge in [0, 0.05) is 29.7 Å². The van der Waals surface area contributed by atoms with Crippen LogP contribution < -0.4 is 10.2 Å². The first-order valence-corrected chi connectivity index (χ1v) is 10.7. The van der Waals surface area contributed by atoms with Gasteiger partial charge >= 0.3 is 0 Å². The van der Waals surface area contributed by atoms with Gasteiger partial charge in [-0.05, 0) is 43.2 Å². The maximum atomic E-state index is 12.7. The van der Waals surface area contributed by atoms with Crippen molar-refractivity contribution in [1.29, 1.82) is 0 Å².